The SMILES string of the molecule is c1cc(NCCOC23CC4CC(CC(C4)C2)C3)c2ccc(NCCOC34CC5CC(CC(C5)C3)C4)cc2n1. The zero-order valence-corrected chi connectivity index (χ0v) is 22.9. The van der Waals surface area contributed by atoms with Crippen molar-refractivity contribution in [2.45, 2.75) is 88.3 Å². The van der Waals surface area contributed by atoms with Gasteiger partial charge in [-0.2, -0.15) is 0 Å². The van der Waals surface area contributed by atoms with E-state index < -0.39 is 0 Å². The number of fused-ring (bicyclic) bond motifs is 1. The van der Waals surface area contributed by atoms with Crippen LogP contribution in [0.5, 0.6) is 0 Å². The number of nitrogens with zero attached hydrogens (tertiary/aromatic N) is 1. The highest BCUT2D eigenvalue weighted by Gasteiger charge is 2.52. The summed E-state index contributed by atoms with van der Waals surface area (Å²) in [7, 11) is 0. The quantitative estimate of drug-likeness (QED) is 0.333. The van der Waals surface area contributed by atoms with Crippen LogP contribution in [-0.4, -0.2) is 42.5 Å². The molecule has 1 aromatic carbocycles. The summed E-state index contributed by atoms with van der Waals surface area (Å²) in [6.45, 7) is 3.29. The van der Waals surface area contributed by atoms with Crippen LogP contribution < -0.4 is 10.6 Å². The van der Waals surface area contributed by atoms with Gasteiger partial charge in [0.1, 0.15) is 0 Å². The second kappa shape index (κ2) is 9.37. The van der Waals surface area contributed by atoms with Crippen LogP contribution in [0.15, 0.2) is 30.5 Å². The van der Waals surface area contributed by atoms with E-state index in [0.717, 1.165) is 78.7 Å². The molecule has 2 N–H and O–H groups in total. The van der Waals surface area contributed by atoms with Crippen molar-refractivity contribution in [1.82, 2.24) is 4.98 Å². The molecule has 8 aliphatic carbocycles. The predicted octanol–water partition coefficient (Wildman–Crippen LogP) is 7.03. The normalized spacial score (nSPS) is 40.2. The predicted molar refractivity (Wildman–Crippen MR) is 152 cm³/mol. The minimum absolute atomic E-state index is 0.191. The summed E-state index contributed by atoms with van der Waals surface area (Å²) in [6.07, 6.45) is 18.6. The van der Waals surface area contributed by atoms with Crippen LogP contribution in [0, 0.1) is 35.5 Å². The second-order valence-electron chi connectivity index (χ2n) is 14.3. The lowest BCUT2D eigenvalue weighted by molar-refractivity contribution is -0.160. The van der Waals surface area contributed by atoms with E-state index in [1.807, 2.05) is 6.20 Å². The monoisotopic (exact) mass is 515 g/mol. The van der Waals surface area contributed by atoms with Gasteiger partial charge in [0.05, 0.1) is 29.9 Å². The third-order valence-electron chi connectivity index (χ3n) is 11.4. The maximum absolute atomic E-state index is 6.63. The van der Waals surface area contributed by atoms with E-state index in [9.17, 15) is 0 Å². The molecule has 8 fully saturated rings. The van der Waals surface area contributed by atoms with Gasteiger partial charge in [-0.1, -0.05) is 0 Å². The van der Waals surface area contributed by atoms with Crippen molar-refractivity contribution in [3.63, 3.8) is 0 Å². The van der Waals surface area contributed by atoms with Crippen molar-refractivity contribution in [1.29, 1.82) is 0 Å². The van der Waals surface area contributed by atoms with E-state index in [1.54, 1.807) is 0 Å². The highest BCUT2D eigenvalue weighted by molar-refractivity contribution is 5.92. The second-order valence-corrected chi connectivity index (χ2v) is 14.3. The fourth-order valence-electron chi connectivity index (χ4n) is 10.7. The van der Waals surface area contributed by atoms with Crippen molar-refractivity contribution in [3.05, 3.63) is 30.5 Å². The zero-order valence-electron chi connectivity index (χ0n) is 22.9. The van der Waals surface area contributed by atoms with Crippen LogP contribution in [0.25, 0.3) is 10.9 Å². The summed E-state index contributed by atoms with van der Waals surface area (Å²) in [5.41, 5.74) is 3.70. The Kier molecular flexibility index (Phi) is 5.91. The van der Waals surface area contributed by atoms with Gasteiger partial charge < -0.3 is 20.1 Å². The average Bonchev–Trinajstić information content (AvgIpc) is 2.87. The molecule has 1 heterocycles. The minimum Gasteiger partial charge on any atom is -0.383 e. The number of anilines is 2. The van der Waals surface area contributed by atoms with Gasteiger partial charge in [0.25, 0.3) is 0 Å². The van der Waals surface area contributed by atoms with E-state index in [1.165, 1.54) is 82.4 Å². The molecular weight excluding hydrogens is 470 g/mol. The Morgan fingerprint density at radius 2 is 1.16 bits per heavy atom. The maximum Gasteiger partial charge on any atom is 0.0743 e. The number of nitrogens with one attached hydrogen (secondary N) is 2. The summed E-state index contributed by atoms with van der Waals surface area (Å²) in [5.74, 6) is 5.62. The first kappa shape index (κ1) is 24.0. The van der Waals surface area contributed by atoms with E-state index in [-0.39, 0.29) is 11.2 Å². The molecule has 8 aliphatic rings. The molecule has 10 rings (SSSR count). The molecule has 0 amide bonds. The third-order valence-corrected chi connectivity index (χ3v) is 11.4. The number of pyridine rings is 1. The number of benzene rings is 1. The highest BCUT2D eigenvalue weighted by atomic mass is 16.5. The van der Waals surface area contributed by atoms with E-state index in [4.69, 9.17) is 9.47 Å². The van der Waals surface area contributed by atoms with Crippen LogP contribution in [0.1, 0.15) is 77.0 Å². The van der Waals surface area contributed by atoms with Gasteiger partial charge in [-0.25, -0.2) is 0 Å². The van der Waals surface area contributed by atoms with Crippen LogP contribution in [0.3, 0.4) is 0 Å². The molecular formula is C33H45N3O2. The fourth-order valence-corrected chi connectivity index (χ4v) is 10.7. The Bertz CT molecular complexity index is 1110. The first-order valence-electron chi connectivity index (χ1n) is 15.8. The molecule has 0 radical (unpaired) electrons. The lowest BCUT2D eigenvalue weighted by Crippen LogP contribution is -2.52. The van der Waals surface area contributed by atoms with Crippen molar-refractivity contribution < 1.29 is 9.47 Å². The summed E-state index contributed by atoms with van der Waals surface area (Å²) in [5, 5.41) is 8.43. The summed E-state index contributed by atoms with van der Waals surface area (Å²) >= 11 is 0. The summed E-state index contributed by atoms with van der Waals surface area (Å²) in [6, 6.07) is 8.66. The Morgan fingerprint density at radius 3 is 1.68 bits per heavy atom. The molecule has 38 heavy (non-hydrogen) atoms. The van der Waals surface area contributed by atoms with Crippen molar-refractivity contribution in [2.75, 3.05) is 36.9 Å². The largest absolute Gasteiger partial charge is 0.383 e. The van der Waals surface area contributed by atoms with Crippen LogP contribution >= 0.6 is 0 Å². The lowest BCUT2D eigenvalue weighted by Gasteiger charge is -2.56. The number of hydrogen-bond acceptors (Lipinski definition) is 5. The number of hydrogen-bond donors (Lipinski definition) is 2. The van der Waals surface area contributed by atoms with Gasteiger partial charge in [-0.3, -0.25) is 4.98 Å². The first-order chi connectivity index (χ1) is 18.6. The number of aromatic nitrogens is 1. The van der Waals surface area contributed by atoms with Gasteiger partial charge in [0.15, 0.2) is 0 Å². The molecule has 5 nitrogen and oxygen atoms in total. The van der Waals surface area contributed by atoms with Crippen LogP contribution in [-0.2, 0) is 9.47 Å². The summed E-state index contributed by atoms with van der Waals surface area (Å²) < 4.78 is 13.2. The molecule has 2 aromatic rings. The molecule has 1 aromatic heterocycles. The molecule has 0 aliphatic heterocycles. The van der Waals surface area contributed by atoms with Crippen LogP contribution in [0.2, 0.25) is 0 Å². The number of ether oxygens (including phenoxy) is 2. The molecule has 204 valence electrons. The van der Waals surface area contributed by atoms with Gasteiger partial charge in [-0.15, -0.1) is 0 Å². The standard InChI is InChI=1S/C33H45N3O2/c1-2-29-30(36-6-8-38-33-19-25-12-26(20-33)14-27(13-25)21-33)3-4-35-31(29)15-28(1)34-5-7-37-32-16-22-9-23(17-32)11-24(10-22)18-32/h1-4,15,22-27,34H,5-14,16-21H2,(H,35,36). The van der Waals surface area contributed by atoms with Crippen molar-refractivity contribution in [3.8, 4) is 0 Å². The Hall–Kier alpha value is -1.85. The molecule has 0 atom stereocenters. The third kappa shape index (κ3) is 4.52. The topological polar surface area (TPSA) is 55.4 Å². The van der Waals surface area contributed by atoms with E-state index >= 15 is 0 Å². The number of rotatable bonds is 10. The Balaban J connectivity index is 0.837. The van der Waals surface area contributed by atoms with Crippen molar-refractivity contribution >= 4 is 22.3 Å². The molecule has 0 unspecified atom stereocenters. The zero-order chi connectivity index (χ0) is 25.2. The molecule has 8 saturated carbocycles. The minimum atomic E-state index is 0.191. The highest BCUT2D eigenvalue weighted by Crippen LogP contribution is 2.58. The average molecular weight is 516 g/mol. The van der Waals surface area contributed by atoms with Gasteiger partial charge in [0, 0.05) is 36.0 Å². The fraction of sp³-hybridized carbons (Fsp3) is 0.727. The van der Waals surface area contributed by atoms with Gasteiger partial charge in [0.2, 0.25) is 0 Å². The maximum atomic E-state index is 6.63. The molecule has 0 saturated heterocycles. The van der Waals surface area contributed by atoms with E-state index in [0.29, 0.717) is 0 Å². The summed E-state index contributed by atoms with van der Waals surface area (Å²) in [4.78, 5) is 4.67. The van der Waals surface area contributed by atoms with Crippen molar-refractivity contribution in [2.24, 2.45) is 35.5 Å². The molecule has 0 spiro atoms. The van der Waals surface area contributed by atoms with Gasteiger partial charge >= 0.3 is 0 Å². The smallest absolute Gasteiger partial charge is 0.0743 e. The molecule has 8 bridgehead atoms. The Morgan fingerprint density at radius 1 is 0.658 bits per heavy atom. The first-order valence-corrected chi connectivity index (χ1v) is 15.8. The molecule has 5 heteroatoms. The van der Waals surface area contributed by atoms with Crippen LogP contribution in [0.4, 0.5) is 11.4 Å². The lowest BCUT2D eigenvalue weighted by atomic mass is 9.54. The van der Waals surface area contributed by atoms with Gasteiger partial charge in [-0.05, 0) is 137 Å². The van der Waals surface area contributed by atoms with E-state index in [2.05, 4.69) is 39.9 Å². The Labute approximate surface area is 227 Å².